The molecule has 0 aliphatic heterocycles. The van der Waals surface area contributed by atoms with E-state index in [-0.39, 0.29) is 5.41 Å². The minimum atomic E-state index is -0.344. The fourth-order valence-corrected chi connectivity index (χ4v) is 4.68. The predicted molar refractivity (Wildman–Crippen MR) is 108 cm³/mol. The molecule has 0 N–H and O–H groups in total. The lowest BCUT2D eigenvalue weighted by molar-refractivity contribution is -0.104. The summed E-state index contributed by atoms with van der Waals surface area (Å²) in [5.74, 6) is 0. The Morgan fingerprint density at radius 1 is 0.769 bits per heavy atom. The molecule has 2 aliphatic carbocycles. The molecule has 0 bridgehead atoms. The third-order valence-electron chi connectivity index (χ3n) is 5.59. The maximum absolute atomic E-state index is 11.4. The first-order valence-electron chi connectivity index (χ1n) is 9.09. The quantitative estimate of drug-likeness (QED) is 0.427. The molecule has 0 atom stereocenters. The molecular weight excluding hydrogens is 363 g/mol. The lowest BCUT2D eigenvalue weighted by Gasteiger charge is -2.19. The Morgan fingerprint density at radius 3 is 1.73 bits per heavy atom. The van der Waals surface area contributed by atoms with Crippen LogP contribution in [0.1, 0.15) is 43.2 Å². The number of carbonyl (C=O) groups excluding carboxylic acids is 1. The van der Waals surface area contributed by atoms with Crippen molar-refractivity contribution in [2.24, 2.45) is 0 Å². The summed E-state index contributed by atoms with van der Waals surface area (Å²) < 4.78 is 0. The molecule has 4 rings (SSSR count). The zero-order valence-corrected chi connectivity index (χ0v) is 16.0. The third kappa shape index (κ3) is 2.84. The molecule has 0 saturated heterocycles. The lowest BCUT2D eigenvalue weighted by Crippen LogP contribution is -2.11. The number of benzene rings is 2. The fourth-order valence-electron chi connectivity index (χ4n) is 4.43. The van der Waals surface area contributed by atoms with Gasteiger partial charge in [0.2, 0.25) is 0 Å². The lowest BCUT2D eigenvalue weighted by atomic mass is 9.84. The van der Waals surface area contributed by atoms with Gasteiger partial charge >= 0.3 is 0 Å². The van der Waals surface area contributed by atoms with E-state index in [0.29, 0.717) is 10.0 Å². The molecule has 2 aromatic rings. The third-order valence-corrected chi connectivity index (χ3v) is 6.09. The smallest absolute Gasteiger partial charge is 0.143 e. The number of rotatable bonds is 3. The molecule has 2 aromatic carbocycles. The van der Waals surface area contributed by atoms with Crippen LogP contribution in [-0.4, -0.2) is 6.29 Å². The summed E-state index contributed by atoms with van der Waals surface area (Å²) in [6.07, 6.45) is 8.63. The van der Waals surface area contributed by atoms with Crippen LogP contribution in [0.4, 0.5) is 0 Å². The van der Waals surface area contributed by atoms with E-state index < -0.39 is 0 Å². The maximum atomic E-state index is 11.4. The summed E-state index contributed by atoms with van der Waals surface area (Å²) in [5, 5.41) is 1.43. The molecule has 0 amide bonds. The van der Waals surface area contributed by atoms with Crippen molar-refractivity contribution >= 4 is 29.5 Å². The number of halogens is 2. The van der Waals surface area contributed by atoms with Crippen LogP contribution >= 0.6 is 23.2 Å². The maximum Gasteiger partial charge on any atom is 0.143 e. The van der Waals surface area contributed by atoms with Crippen molar-refractivity contribution in [3.8, 4) is 0 Å². The van der Waals surface area contributed by atoms with Crippen molar-refractivity contribution in [1.82, 2.24) is 0 Å². The Labute approximate surface area is 164 Å². The van der Waals surface area contributed by atoms with Crippen molar-refractivity contribution in [3.05, 3.63) is 92.5 Å². The summed E-state index contributed by atoms with van der Waals surface area (Å²) in [6, 6.07) is 16.0. The van der Waals surface area contributed by atoms with Crippen LogP contribution in [0, 0.1) is 0 Å². The van der Waals surface area contributed by atoms with Crippen LogP contribution < -0.4 is 0 Å². The second-order valence-corrected chi connectivity index (χ2v) is 7.89. The van der Waals surface area contributed by atoms with Gasteiger partial charge in [0.25, 0.3) is 0 Å². The average molecular weight is 383 g/mol. The van der Waals surface area contributed by atoms with Crippen LogP contribution in [0.25, 0.3) is 0 Å². The molecule has 0 spiro atoms. The Bertz CT molecular complexity index is 835. The fraction of sp³-hybridized carbons (Fsp3) is 0.261. The highest BCUT2D eigenvalue weighted by Gasteiger charge is 2.58. The number of hydrogen-bond donors (Lipinski definition) is 0. The Morgan fingerprint density at radius 2 is 1.27 bits per heavy atom. The number of carbonyl (C=O) groups is 1. The van der Waals surface area contributed by atoms with Gasteiger partial charge in [-0.1, -0.05) is 59.5 Å². The van der Waals surface area contributed by atoms with Crippen molar-refractivity contribution < 1.29 is 4.79 Å². The van der Waals surface area contributed by atoms with Crippen molar-refractivity contribution in [2.45, 2.75) is 37.5 Å². The van der Waals surface area contributed by atoms with Crippen LogP contribution in [-0.2, 0) is 10.2 Å². The van der Waals surface area contributed by atoms with Gasteiger partial charge < -0.3 is 0 Å². The van der Waals surface area contributed by atoms with Gasteiger partial charge in [0.1, 0.15) is 6.29 Å². The van der Waals surface area contributed by atoms with E-state index in [4.69, 9.17) is 23.2 Å². The van der Waals surface area contributed by atoms with Crippen molar-refractivity contribution in [1.29, 1.82) is 0 Å². The summed E-state index contributed by atoms with van der Waals surface area (Å²) in [7, 11) is 0. The van der Waals surface area contributed by atoms with Crippen LogP contribution in [0.15, 0.2) is 71.3 Å². The summed E-state index contributed by atoms with van der Waals surface area (Å²) in [6.45, 7) is 0. The second-order valence-electron chi connectivity index (χ2n) is 7.02. The molecule has 0 radical (unpaired) electrons. The van der Waals surface area contributed by atoms with E-state index in [1.54, 1.807) is 6.08 Å². The Balaban J connectivity index is 1.96. The van der Waals surface area contributed by atoms with Gasteiger partial charge in [0, 0.05) is 10.0 Å². The molecule has 1 nitrogen and oxygen atoms in total. The van der Waals surface area contributed by atoms with Gasteiger partial charge in [0.15, 0.2) is 0 Å². The molecule has 0 aromatic heterocycles. The molecule has 0 unspecified atom stereocenters. The number of allylic oxidation sites excluding steroid dienone is 4. The Kier molecular flexibility index (Phi) is 4.77. The predicted octanol–water partition coefficient (Wildman–Crippen LogP) is 6.68. The summed E-state index contributed by atoms with van der Waals surface area (Å²) in [5.41, 5.74) is 5.91. The normalized spacial score (nSPS) is 20.3. The van der Waals surface area contributed by atoms with Gasteiger partial charge in [-0.05, 0) is 78.3 Å². The first-order chi connectivity index (χ1) is 12.7. The minimum Gasteiger partial charge on any atom is -0.299 e. The largest absolute Gasteiger partial charge is 0.299 e. The first kappa shape index (κ1) is 17.6. The van der Waals surface area contributed by atoms with Crippen LogP contribution in [0.2, 0.25) is 10.0 Å². The SMILES string of the molecule is O=C/C=C1/C(=C2CCCCC2)C1(c1ccc(Cl)cc1)c1ccc(Cl)cc1. The molecular formula is C23H20Cl2O. The van der Waals surface area contributed by atoms with E-state index in [0.717, 1.165) is 35.8 Å². The minimum absolute atomic E-state index is 0.344. The highest BCUT2D eigenvalue weighted by molar-refractivity contribution is 6.30. The van der Waals surface area contributed by atoms with Gasteiger partial charge in [-0.25, -0.2) is 0 Å². The highest BCUT2D eigenvalue weighted by atomic mass is 35.5. The monoisotopic (exact) mass is 382 g/mol. The van der Waals surface area contributed by atoms with Gasteiger partial charge in [0.05, 0.1) is 5.41 Å². The molecule has 2 aliphatic rings. The number of hydrogen-bond acceptors (Lipinski definition) is 1. The van der Waals surface area contributed by atoms with Crippen LogP contribution in [0.5, 0.6) is 0 Å². The van der Waals surface area contributed by atoms with Gasteiger partial charge in [-0.3, -0.25) is 4.79 Å². The van der Waals surface area contributed by atoms with Crippen LogP contribution in [0.3, 0.4) is 0 Å². The number of aldehydes is 1. The van der Waals surface area contributed by atoms with Gasteiger partial charge in [-0.2, -0.15) is 0 Å². The van der Waals surface area contributed by atoms with Gasteiger partial charge in [-0.15, -0.1) is 0 Å². The van der Waals surface area contributed by atoms with Crippen molar-refractivity contribution in [2.75, 3.05) is 0 Å². The van der Waals surface area contributed by atoms with E-state index in [1.165, 1.54) is 30.4 Å². The second kappa shape index (κ2) is 7.06. The molecule has 0 heterocycles. The van der Waals surface area contributed by atoms with E-state index >= 15 is 0 Å². The zero-order valence-electron chi connectivity index (χ0n) is 14.5. The molecule has 3 heteroatoms. The summed E-state index contributed by atoms with van der Waals surface area (Å²) >= 11 is 12.3. The van der Waals surface area contributed by atoms with Crippen molar-refractivity contribution in [3.63, 3.8) is 0 Å². The topological polar surface area (TPSA) is 17.1 Å². The van der Waals surface area contributed by atoms with E-state index in [9.17, 15) is 4.79 Å². The first-order valence-corrected chi connectivity index (χ1v) is 9.84. The van der Waals surface area contributed by atoms with E-state index in [1.807, 2.05) is 24.3 Å². The molecule has 26 heavy (non-hydrogen) atoms. The molecule has 132 valence electrons. The zero-order chi connectivity index (χ0) is 18.1. The standard InChI is InChI=1S/C23H20Cl2O/c24-19-10-6-17(7-11-19)23(18-8-12-20(25)13-9-18)21(14-15-26)22(23)16-4-2-1-3-5-16/h6-15H,1-5H2/b21-14-. The Hall–Kier alpha value is -1.83. The average Bonchev–Trinajstić information content (AvgIpc) is 3.33. The molecule has 2 fully saturated rings. The summed E-state index contributed by atoms with van der Waals surface area (Å²) in [4.78, 5) is 11.4. The molecule has 2 saturated carbocycles. The van der Waals surface area contributed by atoms with E-state index in [2.05, 4.69) is 24.3 Å². The highest BCUT2D eigenvalue weighted by Crippen LogP contribution is 2.65.